The van der Waals surface area contributed by atoms with Crippen LogP contribution in [0.3, 0.4) is 0 Å². The Morgan fingerprint density at radius 1 is 1.24 bits per heavy atom. The number of rotatable bonds is 9. The molecule has 1 aliphatic rings. The van der Waals surface area contributed by atoms with Crippen molar-refractivity contribution in [2.24, 2.45) is 0 Å². The van der Waals surface area contributed by atoms with E-state index in [2.05, 4.69) is 0 Å². The maximum Gasteiger partial charge on any atom is 0.290 e. The van der Waals surface area contributed by atoms with Crippen LogP contribution in [0.25, 0.3) is 0 Å². The van der Waals surface area contributed by atoms with Gasteiger partial charge in [-0.05, 0) is 37.8 Å². The Kier molecular flexibility index (Phi) is 6.71. The molecule has 154 valence electrons. The Hall–Kier alpha value is -2.64. The van der Waals surface area contributed by atoms with Crippen LogP contribution in [-0.2, 0) is 9.53 Å². The number of ketones is 1. The highest BCUT2D eigenvalue weighted by atomic mass is 32.1. The van der Waals surface area contributed by atoms with E-state index in [4.69, 9.17) is 9.47 Å². The molecule has 1 atom stereocenters. The van der Waals surface area contributed by atoms with Crippen LogP contribution in [0.15, 0.2) is 53.1 Å². The zero-order chi connectivity index (χ0) is 21.0. The summed E-state index contributed by atoms with van der Waals surface area (Å²) < 4.78 is 11.1. The highest BCUT2D eigenvalue weighted by molar-refractivity contribution is 7.12. The SMILES string of the molecule is COc1ccccc1[C@@H]1C(C(=O)c2cccs2)=C(O)C(=O)N1CCCOC(C)C. The number of aliphatic hydroxyl groups is 1. The van der Waals surface area contributed by atoms with Crippen LogP contribution in [0.5, 0.6) is 5.75 Å². The lowest BCUT2D eigenvalue weighted by Gasteiger charge is -2.28. The van der Waals surface area contributed by atoms with E-state index in [0.29, 0.717) is 35.8 Å². The van der Waals surface area contributed by atoms with Crippen molar-refractivity contribution in [3.8, 4) is 5.75 Å². The van der Waals surface area contributed by atoms with Gasteiger partial charge in [0, 0.05) is 18.7 Å². The van der Waals surface area contributed by atoms with Crippen molar-refractivity contribution in [3.63, 3.8) is 0 Å². The number of carbonyl (C=O) groups excluding carboxylic acids is 2. The van der Waals surface area contributed by atoms with E-state index in [-0.39, 0.29) is 17.5 Å². The summed E-state index contributed by atoms with van der Waals surface area (Å²) in [6.07, 6.45) is 0.681. The largest absolute Gasteiger partial charge is 0.503 e. The third kappa shape index (κ3) is 4.36. The topological polar surface area (TPSA) is 76.1 Å². The first kappa shape index (κ1) is 21.1. The van der Waals surface area contributed by atoms with Gasteiger partial charge in [-0.15, -0.1) is 11.3 Å². The molecule has 0 saturated heterocycles. The molecule has 0 radical (unpaired) electrons. The van der Waals surface area contributed by atoms with Crippen molar-refractivity contribution < 1.29 is 24.2 Å². The number of nitrogens with zero attached hydrogens (tertiary/aromatic N) is 1. The number of carbonyl (C=O) groups is 2. The lowest BCUT2D eigenvalue weighted by Crippen LogP contribution is -2.33. The van der Waals surface area contributed by atoms with E-state index in [0.717, 1.165) is 0 Å². The maximum absolute atomic E-state index is 13.2. The van der Waals surface area contributed by atoms with E-state index in [9.17, 15) is 14.7 Å². The van der Waals surface area contributed by atoms with Crippen LogP contribution < -0.4 is 4.74 Å². The molecule has 1 aromatic carbocycles. The van der Waals surface area contributed by atoms with Gasteiger partial charge >= 0.3 is 0 Å². The van der Waals surface area contributed by atoms with Crippen LogP contribution in [0, 0.1) is 0 Å². The third-order valence-corrected chi connectivity index (χ3v) is 5.59. The van der Waals surface area contributed by atoms with E-state index in [1.54, 1.807) is 30.7 Å². The van der Waals surface area contributed by atoms with Crippen LogP contribution in [-0.4, -0.2) is 48.1 Å². The van der Waals surface area contributed by atoms with Crippen LogP contribution in [0.4, 0.5) is 0 Å². The van der Waals surface area contributed by atoms with Crippen LogP contribution in [0.2, 0.25) is 0 Å². The average molecular weight is 416 g/mol. The summed E-state index contributed by atoms with van der Waals surface area (Å²) in [4.78, 5) is 28.1. The van der Waals surface area contributed by atoms with Gasteiger partial charge in [0.1, 0.15) is 5.75 Å². The summed E-state index contributed by atoms with van der Waals surface area (Å²) in [6.45, 7) is 4.72. The molecule has 0 aliphatic carbocycles. The lowest BCUT2D eigenvalue weighted by atomic mass is 9.94. The van der Waals surface area contributed by atoms with Gasteiger partial charge in [0.05, 0.1) is 29.7 Å². The predicted molar refractivity (Wildman–Crippen MR) is 111 cm³/mol. The van der Waals surface area contributed by atoms with Gasteiger partial charge in [-0.1, -0.05) is 24.3 Å². The van der Waals surface area contributed by atoms with E-state index < -0.39 is 17.7 Å². The van der Waals surface area contributed by atoms with Crippen molar-refractivity contribution in [1.29, 1.82) is 0 Å². The first-order valence-corrected chi connectivity index (χ1v) is 10.4. The first-order chi connectivity index (χ1) is 14.0. The number of ether oxygens (including phenoxy) is 2. The minimum Gasteiger partial charge on any atom is -0.503 e. The van der Waals surface area contributed by atoms with Crippen molar-refractivity contribution in [2.45, 2.75) is 32.4 Å². The summed E-state index contributed by atoms with van der Waals surface area (Å²) in [6, 6.07) is 9.99. The summed E-state index contributed by atoms with van der Waals surface area (Å²) in [5, 5.41) is 12.4. The maximum atomic E-state index is 13.2. The number of hydrogen-bond acceptors (Lipinski definition) is 6. The molecule has 7 heteroatoms. The second kappa shape index (κ2) is 9.24. The van der Waals surface area contributed by atoms with Crippen molar-refractivity contribution in [1.82, 2.24) is 4.90 Å². The third-order valence-electron chi connectivity index (χ3n) is 4.72. The molecular formula is C22H25NO5S. The molecule has 29 heavy (non-hydrogen) atoms. The highest BCUT2D eigenvalue weighted by Gasteiger charge is 2.44. The molecule has 0 saturated carbocycles. The van der Waals surface area contributed by atoms with Crippen LogP contribution >= 0.6 is 11.3 Å². The molecule has 1 amide bonds. The minimum atomic E-state index is -0.715. The van der Waals surface area contributed by atoms with Crippen molar-refractivity contribution in [2.75, 3.05) is 20.3 Å². The molecule has 2 heterocycles. The monoisotopic (exact) mass is 415 g/mol. The number of benzene rings is 1. The molecule has 0 spiro atoms. The summed E-state index contributed by atoms with van der Waals surface area (Å²) in [5.41, 5.74) is 0.754. The smallest absolute Gasteiger partial charge is 0.290 e. The normalized spacial score (nSPS) is 16.8. The number of hydrogen-bond donors (Lipinski definition) is 1. The summed E-state index contributed by atoms with van der Waals surface area (Å²) in [7, 11) is 1.54. The fourth-order valence-electron chi connectivity index (χ4n) is 3.43. The lowest BCUT2D eigenvalue weighted by molar-refractivity contribution is -0.129. The quantitative estimate of drug-likeness (QED) is 0.492. The molecule has 6 nitrogen and oxygen atoms in total. The van der Waals surface area contributed by atoms with Gasteiger partial charge in [-0.3, -0.25) is 9.59 Å². The van der Waals surface area contributed by atoms with Crippen molar-refractivity contribution >= 4 is 23.0 Å². The van der Waals surface area contributed by atoms with E-state index in [1.807, 2.05) is 32.0 Å². The molecule has 0 fully saturated rings. The van der Waals surface area contributed by atoms with Gasteiger partial charge in [-0.2, -0.15) is 0 Å². The van der Waals surface area contributed by atoms with E-state index in [1.165, 1.54) is 16.2 Å². The number of methoxy groups -OCH3 is 1. The minimum absolute atomic E-state index is 0.0896. The molecule has 1 aliphatic heterocycles. The first-order valence-electron chi connectivity index (χ1n) is 9.52. The molecule has 1 aromatic heterocycles. The number of para-hydroxylation sites is 1. The number of Topliss-reactive ketones (excluding diaryl/α,β-unsaturated/α-hetero) is 1. The number of aliphatic hydroxyl groups excluding tert-OH is 1. The zero-order valence-corrected chi connectivity index (χ0v) is 17.6. The highest BCUT2D eigenvalue weighted by Crippen LogP contribution is 2.42. The van der Waals surface area contributed by atoms with Gasteiger partial charge in [-0.25, -0.2) is 0 Å². The summed E-state index contributed by atoms with van der Waals surface area (Å²) in [5.74, 6) is -0.836. The second-order valence-corrected chi connectivity index (χ2v) is 7.93. The van der Waals surface area contributed by atoms with Gasteiger partial charge in [0.15, 0.2) is 5.76 Å². The van der Waals surface area contributed by atoms with Gasteiger partial charge in [0.2, 0.25) is 5.78 Å². The van der Waals surface area contributed by atoms with Crippen molar-refractivity contribution in [3.05, 3.63) is 63.6 Å². The Balaban J connectivity index is 1.99. The average Bonchev–Trinajstić information content (AvgIpc) is 3.33. The molecule has 0 unspecified atom stereocenters. The molecule has 3 rings (SSSR count). The Bertz CT molecular complexity index is 904. The van der Waals surface area contributed by atoms with Gasteiger partial charge in [0.25, 0.3) is 5.91 Å². The molecule has 1 N–H and O–H groups in total. The number of amides is 1. The standard InChI is InChI=1S/C22H25NO5S/c1-14(2)28-12-7-11-23-19(15-8-4-5-9-16(15)27-3)18(21(25)22(23)26)20(24)17-10-6-13-29-17/h4-6,8-10,13-14,19,25H,7,11-12H2,1-3H3/t19-/m1/s1. The van der Waals surface area contributed by atoms with E-state index >= 15 is 0 Å². The fraction of sp³-hybridized carbons (Fsp3) is 0.364. The predicted octanol–water partition coefficient (Wildman–Crippen LogP) is 4.15. The van der Waals surface area contributed by atoms with Crippen LogP contribution in [0.1, 0.15) is 41.5 Å². The molecule has 0 bridgehead atoms. The van der Waals surface area contributed by atoms with Gasteiger partial charge < -0.3 is 19.5 Å². The molecular weight excluding hydrogens is 390 g/mol. The second-order valence-electron chi connectivity index (χ2n) is 6.98. The molecule has 2 aromatic rings. The summed E-state index contributed by atoms with van der Waals surface area (Å²) >= 11 is 1.28. The fourth-order valence-corrected chi connectivity index (χ4v) is 4.10. The Labute approximate surface area is 174 Å². The zero-order valence-electron chi connectivity index (χ0n) is 16.8. The Morgan fingerprint density at radius 2 is 2.00 bits per heavy atom. The number of thiophene rings is 1. The Morgan fingerprint density at radius 3 is 2.66 bits per heavy atom.